The summed E-state index contributed by atoms with van der Waals surface area (Å²) in [6.07, 6.45) is 5.54. The van der Waals surface area contributed by atoms with Gasteiger partial charge >= 0.3 is 0 Å². The topological polar surface area (TPSA) is 65.4 Å². The van der Waals surface area contributed by atoms with Crippen molar-refractivity contribution in [3.05, 3.63) is 119 Å². The molecule has 1 N–H and O–H groups in total. The van der Waals surface area contributed by atoms with Crippen molar-refractivity contribution in [1.82, 2.24) is 24.8 Å². The van der Waals surface area contributed by atoms with Crippen molar-refractivity contribution in [1.29, 1.82) is 0 Å². The Bertz CT molecular complexity index is 1320. The molecule has 4 aromatic rings. The average molecular weight is 552 g/mol. The van der Waals surface area contributed by atoms with E-state index in [0.29, 0.717) is 18.8 Å². The second kappa shape index (κ2) is 13.4. The van der Waals surface area contributed by atoms with Gasteiger partial charge in [-0.05, 0) is 58.4 Å². The molecule has 0 aliphatic heterocycles. The van der Waals surface area contributed by atoms with Crippen LogP contribution in [0.15, 0.2) is 85.3 Å². The third kappa shape index (κ3) is 8.94. The van der Waals surface area contributed by atoms with Crippen LogP contribution in [0.25, 0.3) is 0 Å². The minimum absolute atomic E-state index is 0.0313. The number of nitrogens with zero attached hydrogens (tertiary/aromatic N) is 5. The number of rotatable bonds is 11. The van der Waals surface area contributed by atoms with Gasteiger partial charge in [-0.15, -0.1) is 0 Å². The summed E-state index contributed by atoms with van der Waals surface area (Å²) in [5.41, 5.74) is 6.06. The molecule has 0 saturated carbocycles. The maximum absolute atomic E-state index is 11.5. The van der Waals surface area contributed by atoms with Crippen molar-refractivity contribution in [2.45, 2.75) is 78.6 Å². The van der Waals surface area contributed by atoms with Crippen molar-refractivity contribution < 1.29 is 5.11 Å². The maximum atomic E-state index is 11.5. The molecule has 0 atom stereocenters. The summed E-state index contributed by atoms with van der Waals surface area (Å²) in [5, 5.41) is 11.5. The van der Waals surface area contributed by atoms with Crippen LogP contribution in [0.3, 0.4) is 0 Å². The van der Waals surface area contributed by atoms with Crippen LogP contribution in [-0.4, -0.2) is 42.9 Å². The molecule has 0 unspecified atom stereocenters. The zero-order chi connectivity index (χ0) is 29.5. The van der Waals surface area contributed by atoms with E-state index in [2.05, 4.69) is 96.6 Å². The predicted molar refractivity (Wildman–Crippen MR) is 166 cm³/mol. The molecule has 0 saturated heterocycles. The van der Waals surface area contributed by atoms with E-state index in [0.717, 1.165) is 54.4 Å². The normalized spacial score (nSPS) is 12.3. The van der Waals surface area contributed by atoms with E-state index in [-0.39, 0.29) is 10.8 Å². The lowest BCUT2D eigenvalue weighted by Crippen LogP contribution is -2.35. The number of phenolic OH excluding ortho intramolecular Hbond substituents is 1. The summed E-state index contributed by atoms with van der Waals surface area (Å²) in [7, 11) is 0. The third-order valence-corrected chi connectivity index (χ3v) is 7.32. The Labute approximate surface area is 246 Å². The van der Waals surface area contributed by atoms with Gasteiger partial charge in [-0.3, -0.25) is 24.8 Å². The average Bonchev–Trinajstić information content (AvgIpc) is 2.93. The van der Waals surface area contributed by atoms with Gasteiger partial charge in [0.1, 0.15) is 5.75 Å². The molecule has 0 aliphatic carbocycles. The van der Waals surface area contributed by atoms with Gasteiger partial charge in [-0.1, -0.05) is 71.9 Å². The molecule has 6 nitrogen and oxygen atoms in total. The van der Waals surface area contributed by atoms with Crippen LogP contribution in [0.1, 0.15) is 75.3 Å². The molecule has 0 amide bonds. The summed E-state index contributed by atoms with van der Waals surface area (Å²) in [4.78, 5) is 18.6. The first-order chi connectivity index (χ1) is 19.5. The first kappa shape index (κ1) is 30.4. The minimum Gasteiger partial charge on any atom is -0.507 e. The summed E-state index contributed by atoms with van der Waals surface area (Å²) in [6, 6.07) is 22.5. The molecule has 1 aromatic carbocycles. The standard InChI is InChI=1S/C35H45N5O/c1-34(2,3)28-21-27(33(41)32(22-28)35(4,5)6)23-39(24-29-13-7-10-16-36-29)19-20-40(25-30-14-8-11-17-37-30)26-31-15-9-12-18-38-31/h7-18,21-22,41H,19-20,23-26H2,1-6H3. The fraction of sp³-hybridized carbons (Fsp3) is 0.400. The van der Waals surface area contributed by atoms with Gasteiger partial charge in [-0.2, -0.15) is 0 Å². The molecule has 6 heteroatoms. The predicted octanol–water partition coefficient (Wildman–Crippen LogP) is 6.88. The molecule has 3 aromatic heterocycles. The van der Waals surface area contributed by atoms with Crippen LogP contribution in [0.4, 0.5) is 0 Å². The van der Waals surface area contributed by atoms with Crippen LogP contribution in [0, 0.1) is 0 Å². The second-order valence-corrected chi connectivity index (χ2v) is 12.9. The quantitative estimate of drug-likeness (QED) is 0.219. The molecule has 216 valence electrons. The van der Waals surface area contributed by atoms with E-state index in [9.17, 15) is 5.11 Å². The van der Waals surface area contributed by atoms with Crippen molar-refractivity contribution >= 4 is 0 Å². The first-order valence-electron chi connectivity index (χ1n) is 14.5. The molecule has 4 rings (SSSR count). The van der Waals surface area contributed by atoms with E-state index < -0.39 is 0 Å². The van der Waals surface area contributed by atoms with E-state index in [4.69, 9.17) is 0 Å². The largest absolute Gasteiger partial charge is 0.507 e. The Morgan fingerprint density at radius 1 is 0.585 bits per heavy atom. The molecule has 3 heterocycles. The van der Waals surface area contributed by atoms with Gasteiger partial charge in [-0.25, -0.2) is 0 Å². The number of aromatic hydroxyl groups is 1. The smallest absolute Gasteiger partial charge is 0.123 e. The molecule has 0 fully saturated rings. The summed E-state index contributed by atoms with van der Waals surface area (Å²) in [6.45, 7) is 17.6. The molecule has 0 spiro atoms. The lowest BCUT2D eigenvalue weighted by molar-refractivity contribution is 0.178. The summed E-state index contributed by atoms with van der Waals surface area (Å²) in [5.74, 6) is 0.398. The lowest BCUT2D eigenvalue weighted by atomic mass is 9.79. The van der Waals surface area contributed by atoms with Crippen molar-refractivity contribution in [3.8, 4) is 5.75 Å². The second-order valence-electron chi connectivity index (χ2n) is 12.9. The van der Waals surface area contributed by atoms with E-state index >= 15 is 0 Å². The highest BCUT2D eigenvalue weighted by atomic mass is 16.3. The van der Waals surface area contributed by atoms with Crippen LogP contribution in [0.5, 0.6) is 5.75 Å². The van der Waals surface area contributed by atoms with Crippen molar-refractivity contribution in [3.63, 3.8) is 0 Å². The molecule has 0 bridgehead atoms. The Morgan fingerprint density at radius 2 is 1.02 bits per heavy atom. The van der Waals surface area contributed by atoms with E-state index in [1.807, 2.05) is 55.0 Å². The molecular weight excluding hydrogens is 506 g/mol. The van der Waals surface area contributed by atoms with Gasteiger partial charge in [0.2, 0.25) is 0 Å². The first-order valence-corrected chi connectivity index (χ1v) is 14.5. The Morgan fingerprint density at radius 3 is 1.39 bits per heavy atom. The number of hydrogen-bond donors (Lipinski definition) is 1. The molecule has 0 radical (unpaired) electrons. The van der Waals surface area contributed by atoms with Gasteiger partial charge < -0.3 is 5.11 Å². The lowest BCUT2D eigenvalue weighted by Gasteiger charge is -2.30. The number of benzene rings is 1. The maximum Gasteiger partial charge on any atom is 0.123 e. The molecular formula is C35H45N5O. The van der Waals surface area contributed by atoms with Crippen LogP contribution >= 0.6 is 0 Å². The van der Waals surface area contributed by atoms with Crippen LogP contribution in [-0.2, 0) is 37.0 Å². The monoisotopic (exact) mass is 551 g/mol. The van der Waals surface area contributed by atoms with Gasteiger partial charge in [0, 0.05) is 63.4 Å². The fourth-order valence-electron chi connectivity index (χ4n) is 4.93. The van der Waals surface area contributed by atoms with Gasteiger partial charge in [0.25, 0.3) is 0 Å². The van der Waals surface area contributed by atoms with Gasteiger partial charge in [0.05, 0.1) is 17.1 Å². The van der Waals surface area contributed by atoms with Crippen LogP contribution < -0.4 is 0 Å². The van der Waals surface area contributed by atoms with E-state index in [1.54, 1.807) is 0 Å². The zero-order valence-corrected chi connectivity index (χ0v) is 25.5. The SMILES string of the molecule is CC(C)(C)c1cc(CN(CCN(Cc2ccccn2)Cc2ccccn2)Cc2ccccn2)c(O)c(C(C)(C)C)c1. The number of hydrogen-bond acceptors (Lipinski definition) is 6. The Balaban J connectivity index is 1.63. The summed E-state index contributed by atoms with van der Waals surface area (Å²) >= 11 is 0. The van der Waals surface area contributed by atoms with E-state index in [1.165, 1.54) is 5.56 Å². The zero-order valence-electron chi connectivity index (χ0n) is 25.5. The highest BCUT2D eigenvalue weighted by Crippen LogP contribution is 2.38. The van der Waals surface area contributed by atoms with Crippen LogP contribution in [0.2, 0.25) is 0 Å². The number of aromatic nitrogens is 3. The molecule has 0 aliphatic rings. The highest BCUT2D eigenvalue weighted by molar-refractivity contribution is 5.48. The fourth-order valence-corrected chi connectivity index (χ4v) is 4.93. The number of phenols is 1. The summed E-state index contributed by atoms with van der Waals surface area (Å²) < 4.78 is 0. The Hall–Kier alpha value is -3.61. The molecule has 41 heavy (non-hydrogen) atoms. The van der Waals surface area contributed by atoms with Gasteiger partial charge in [0.15, 0.2) is 0 Å². The Kier molecular flexibility index (Phi) is 9.90. The van der Waals surface area contributed by atoms with Crippen molar-refractivity contribution in [2.75, 3.05) is 13.1 Å². The minimum atomic E-state index is -0.173. The number of pyridine rings is 3. The van der Waals surface area contributed by atoms with Crippen molar-refractivity contribution in [2.24, 2.45) is 0 Å². The highest BCUT2D eigenvalue weighted by Gasteiger charge is 2.26. The third-order valence-electron chi connectivity index (χ3n) is 7.32.